The van der Waals surface area contributed by atoms with E-state index in [0.717, 1.165) is 31.1 Å². The Morgan fingerprint density at radius 2 is 1.95 bits per heavy atom. The van der Waals surface area contributed by atoms with Gasteiger partial charge in [0.25, 0.3) is 0 Å². The fourth-order valence-electron chi connectivity index (χ4n) is 2.56. The fourth-order valence-corrected chi connectivity index (χ4v) is 3.38. The van der Waals surface area contributed by atoms with E-state index in [1.54, 1.807) is 11.3 Å². The van der Waals surface area contributed by atoms with Gasteiger partial charge in [0.2, 0.25) is 0 Å². The van der Waals surface area contributed by atoms with Gasteiger partial charge in [0, 0.05) is 24.5 Å². The number of aryl methyl sites for hydroxylation is 3. The van der Waals surface area contributed by atoms with Crippen LogP contribution in [-0.4, -0.2) is 29.1 Å². The van der Waals surface area contributed by atoms with E-state index in [1.165, 1.54) is 16.0 Å². The first-order chi connectivity index (χ1) is 9.63. The van der Waals surface area contributed by atoms with Crippen LogP contribution in [0.4, 0.5) is 0 Å². The van der Waals surface area contributed by atoms with E-state index >= 15 is 0 Å². The molecule has 0 saturated carbocycles. The molecule has 1 aliphatic heterocycles. The van der Waals surface area contributed by atoms with Crippen LogP contribution >= 0.6 is 11.3 Å². The normalized spacial score (nSPS) is 16.1. The van der Waals surface area contributed by atoms with Crippen LogP contribution in [-0.2, 0) is 6.54 Å². The molecule has 3 rings (SSSR count). The van der Waals surface area contributed by atoms with Gasteiger partial charge in [-0.2, -0.15) is 0 Å². The Balaban J connectivity index is 1.55. The molecule has 1 aliphatic rings. The van der Waals surface area contributed by atoms with Crippen LogP contribution in [0.1, 0.15) is 21.7 Å². The fraction of sp³-hybridized carbons (Fsp3) is 0.438. The van der Waals surface area contributed by atoms with Crippen LogP contribution in [0.15, 0.2) is 23.7 Å². The highest BCUT2D eigenvalue weighted by Gasteiger charge is 2.29. The highest BCUT2D eigenvalue weighted by Crippen LogP contribution is 2.27. The summed E-state index contributed by atoms with van der Waals surface area (Å²) >= 11 is 1.74. The van der Waals surface area contributed by atoms with Crippen molar-refractivity contribution in [3.63, 3.8) is 0 Å². The average molecular weight is 288 g/mol. The Hall–Kier alpha value is -1.39. The zero-order valence-electron chi connectivity index (χ0n) is 12.2. The lowest BCUT2D eigenvalue weighted by Gasteiger charge is -2.39. The van der Waals surface area contributed by atoms with Gasteiger partial charge in [-0.1, -0.05) is 18.2 Å². The first-order valence-corrected chi connectivity index (χ1v) is 7.85. The molecular formula is C16H20N2OS. The Morgan fingerprint density at radius 1 is 1.25 bits per heavy atom. The molecule has 0 amide bonds. The lowest BCUT2D eigenvalue weighted by atomic mass is 10.1. The Morgan fingerprint density at radius 3 is 2.55 bits per heavy atom. The molecule has 0 atom stereocenters. The third kappa shape index (κ3) is 2.72. The number of ether oxygens (including phenoxy) is 1. The predicted octanol–water partition coefficient (Wildman–Crippen LogP) is 3.33. The van der Waals surface area contributed by atoms with Gasteiger partial charge in [-0.3, -0.25) is 4.90 Å². The Labute approximate surface area is 124 Å². The molecule has 1 aromatic carbocycles. The number of aromatic nitrogens is 1. The molecule has 0 bridgehead atoms. The number of nitrogens with zero attached hydrogens (tertiary/aromatic N) is 2. The van der Waals surface area contributed by atoms with Gasteiger partial charge in [0.1, 0.15) is 11.9 Å². The third-order valence-electron chi connectivity index (χ3n) is 3.83. The van der Waals surface area contributed by atoms with Gasteiger partial charge in [0.15, 0.2) is 0 Å². The smallest absolute Gasteiger partial charge is 0.125 e. The number of thiazole rings is 1. The second-order valence-electron chi connectivity index (χ2n) is 5.52. The van der Waals surface area contributed by atoms with Crippen molar-refractivity contribution in [2.45, 2.75) is 33.4 Å². The van der Waals surface area contributed by atoms with E-state index < -0.39 is 0 Å². The first kappa shape index (κ1) is 13.6. The molecular weight excluding hydrogens is 268 g/mol. The average Bonchev–Trinajstić information content (AvgIpc) is 2.76. The first-order valence-electron chi connectivity index (χ1n) is 6.97. The Bertz CT molecular complexity index is 582. The van der Waals surface area contributed by atoms with E-state index in [2.05, 4.69) is 48.9 Å². The van der Waals surface area contributed by atoms with Crippen molar-refractivity contribution in [3.8, 4) is 5.75 Å². The van der Waals surface area contributed by atoms with Crippen LogP contribution < -0.4 is 4.74 Å². The van der Waals surface area contributed by atoms with Crippen LogP contribution in [0.5, 0.6) is 5.75 Å². The van der Waals surface area contributed by atoms with Crippen molar-refractivity contribution in [1.82, 2.24) is 9.88 Å². The molecule has 20 heavy (non-hydrogen) atoms. The minimum atomic E-state index is 0.322. The third-order valence-corrected chi connectivity index (χ3v) is 4.75. The van der Waals surface area contributed by atoms with Gasteiger partial charge < -0.3 is 4.74 Å². The molecule has 0 spiro atoms. The van der Waals surface area contributed by atoms with E-state index in [4.69, 9.17) is 4.74 Å². The second-order valence-corrected chi connectivity index (χ2v) is 6.46. The molecule has 0 unspecified atom stereocenters. The van der Waals surface area contributed by atoms with Crippen molar-refractivity contribution < 1.29 is 4.74 Å². The van der Waals surface area contributed by atoms with Gasteiger partial charge in [0.05, 0.1) is 11.2 Å². The number of rotatable bonds is 4. The summed E-state index contributed by atoms with van der Waals surface area (Å²) < 4.78 is 6.14. The number of hydrogen-bond acceptors (Lipinski definition) is 4. The maximum Gasteiger partial charge on any atom is 0.125 e. The van der Waals surface area contributed by atoms with Crippen LogP contribution in [0.3, 0.4) is 0 Å². The standard InChI is InChI=1S/C16H20N2OS/c1-11-5-4-6-12(2)16(11)19-14-7-18(8-14)9-15-13(3)17-10-20-15/h4-6,10,14H,7-9H2,1-3H3. The van der Waals surface area contributed by atoms with Gasteiger partial charge in [-0.25, -0.2) is 4.98 Å². The van der Waals surface area contributed by atoms with E-state index in [-0.39, 0.29) is 0 Å². The summed E-state index contributed by atoms with van der Waals surface area (Å²) in [6.07, 6.45) is 0.322. The Kier molecular flexibility index (Phi) is 3.76. The van der Waals surface area contributed by atoms with Gasteiger partial charge >= 0.3 is 0 Å². The molecule has 4 heteroatoms. The second kappa shape index (κ2) is 5.54. The molecule has 1 fully saturated rings. The van der Waals surface area contributed by atoms with Crippen molar-refractivity contribution >= 4 is 11.3 Å². The summed E-state index contributed by atoms with van der Waals surface area (Å²) in [4.78, 5) is 8.08. The van der Waals surface area contributed by atoms with Crippen LogP contribution in [0, 0.1) is 20.8 Å². The molecule has 2 heterocycles. The number of likely N-dealkylation sites (tertiary alicyclic amines) is 1. The van der Waals surface area contributed by atoms with Gasteiger partial charge in [-0.15, -0.1) is 11.3 Å². The minimum Gasteiger partial charge on any atom is -0.487 e. The maximum absolute atomic E-state index is 6.14. The number of hydrogen-bond donors (Lipinski definition) is 0. The van der Waals surface area contributed by atoms with Gasteiger partial charge in [-0.05, 0) is 31.9 Å². The minimum absolute atomic E-state index is 0.322. The van der Waals surface area contributed by atoms with E-state index in [9.17, 15) is 0 Å². The monoisotopic (exact) mass is 288 g/mol. The summed E-state index contributed by atoms with van der Waals surface area (Å²) in [5.74, 6) is 1.06. The molecule has 106 valence electrons. The molecule has 0 aliphatic carbocycles. The van der Waals surface area contributed by atoms with E-state index in [0.29, 0.717) is 6.10 Å². The highest BCUT2D eigenvalue weighted by molar-refractivity contribution is 7.09. The SMILES string of the molecule is Cc1cccc(C)c1OC1CN(Cc2scnc2C)C1. The summed E-state index contributed by atoms with van der Waals surface area (Å²) in [7, 11) is 0. The molecule has 3 nitrogen and oxygen atoms in total. The highest BCUT2D eigenvalue weighted by atomic mass is 32.1. The van der Waals surface area contributed by atoms with E-state index in [1.807, 2.05) is 5.51 Å². The maximum atomic E-state index is 6.14. The van der Waals surface area contributed by atoms with Crippen molar-refractivity contribution in [2.75, 3.05) is 13.1 Å². The van der Waals surface area contributed by atoms with Crippen LogP contribution in [0.2, 0.25) is 0 Å². The van der Waals surface area contributed by atoms with Crippen molar-refractivity contribution in [3.05, 3.63) is 45.4 Å². The summed E-state index contributed by atoms with van der Waals surface area (Å²) in [5, 5.41) is 0. The zero-order chi connectivity index (χ0) is 14.1. The zero-order valence-corrected chi connectivity index (χ0v) is 13.0. The topological polar surface area (TPSA) is 25.4 Å². The molecule has 2 aromatic rings. The largest absolute Gasteiger partial charge is 0.487 e. The summed E-state index contributed by atoms with van der Waals surface area (Å²) in [6.45, 7) is 9.31. The molecule has 1 aromatic heterocycles. The summed E-state index contributed by atoms with van der Waals surface area (Å²) in [5.41, 5.74) is 5.53. The lowest BCUT2D eigenvalue weighted by molar-refractivity contribution is 0.0142. The number of para-hydroxylation sites is 1. The van der Waals surface area contributed by atoms with Crippen LogP contribution in [0.25, 0.3) is 0 Å². The lowest BCUT2D eigenvalue weighted by Crippen LogP contribution is -2.53. The molecule has 0 radical (unpaired) electrons. The summed E-state index contributed by atoms with van der Waals surface area (Å²) in [6, 6.07) is 6.30. The number of benzene rings is 1. The van der Waals surface area contributed by atoms with Crippen molar-refractivity contribution in [1.29, 1.82) is 0 Å². The quantitative estimate of drug-likeness (QED) is 0.863. The molecule has 0 N–H and O–H groups in total. The predicted molar refractivity (Wildman–Crippen MR) is 82.5 cm³/mol. The molecule has 1 saturated heterocycles. The van der Waals surface area contributed by atoms with Crippen molar-refractivity contribution in [2.24, 2.45) is 0 Å².